The number of rotatable bonds is 4. The van der Waals surface area contributed by atoms with Crippen LogP contribution in [0.1, 0.15) is 12.7 Å². The van der Waals surface area contributed by atoms with Gasteiger partial charge < -0.3 is 15.0 Å². The summed E-state index contributed by atoms with van der Waals surface area (Å²) in [5.74, 6) is 4.88. The zero-order chi connectivity index (χ0) is 13.8. The second-order valence-electron chi connectivity index (χ2n) is 4.14. The molecule has 4 heteroatoms. The number of terminal acetylenes is 1. The van der Waals surface area contributed by atoms with Gasteiger partial charge in [0.25, 0.3) is 0 Å². The molecule has 1 aromatic heterocycles. The lowest BCUT2D eigenvalue weighted by atomic mass is 10.1. The molecular weight excluding hydrogens is 238 g/mol. The van der Waals surface area contributed by atoms with E-state index in [1.54, 1.807) is 7.11 Å². The van der Waals surface area contributed by atoms with E-state index in [2.05, 4.69) is 10.9 Å². The third-order valence-electron chi connectivity index (χ3n) is 2.99. The molecule has 2 aromatic rings. The van der Waals surface area contributed by atoms with Gasteiger partial charge in [-0.05, 0) is 12.1 Å². The van der Waals surface area contributed by atoms with Gasteiger partial charge in [0, 0.05) is 12.0 Å². The molecule has 2 rings (SSSR count). The summed E-state index contributed by atoms with van der Waals surface area (Å²) >= 11 is 0. The average Bonchev–Trinajstić information content (AvgIpc) is 2.76. The fourth-order valence-corrected chi connectivity index (χ4v) is 2.03. The molecule has 0 aliphatic rings. The number of aryl methyl sites for hydroxylation is 1. The molecule has 0 saturated carbocycles. The van der Waals surface area contributed by atoms with Gasteiger partial charge in [-0.2, -0.15) is 0 Å². The minimum Gasteiger partial charge on any atom is -0.497 e. The van der Waals surface area contributed by atoms with Gasteiger partial charge in [-0.15, -0.1) is 6.42 Å². The molecular formula is C15H17N3O. The van der Waals surface area contributed by atoms with Crippen LogP contribution in [0.25, 0.3) is 11.3 Å². The highest BCUT2D eigenvalue weighted by atomic mass is 16.5. The molecule has 0 unspecified atom stereocenters. The van der Waals surface area contributed by atoms with Crippen LogP contribution >= 0.6 is 0 Å². The van der Waals surface area contributed by atoms with E-state index in [1.807, 2.05) is 35.8 Å². The Morgan fingerprint density at radius 3 is 2.89 bits per heavy atom. The first kappa shape index (κ1) is 13.0. The second kappa shape index (κ2) is 5.49. The molecule has 0 radical (unpaired) electrons. The monoisotopic (exact) mass is 255 g/mol. The molecule has 2 N–H and O–H groups in total. The van der Waals surface area contributed by atoms with E-state index in [1.165, 1.54) is 0 Å². The first-order chi connectivity index (χ1) is 9.21. The van der Waals surface area contributed by atoms with E-state index >= 15 is 0 Å². The summed E-state index contributed by atoms with van der Waals surface area (Å²) < 4.78 is 7.09. The lowest BCUT2D eigenvalue weighted by molar-refractivity contribution is 0.415. The minimum atomic E-state index is 0.436. The molecule has 19 heavy (non-hydrogen) atoms. The Morgan fingerprint density at radius 2 is 2.26 bits per heavy atom. The van der Waals surface area contributed by atoms with Crippen LogP contribution in [0.5, 0.6) is 5.75 Å². The zero-order valence-electron chi connectivity index (χ0n) is 11.2. The Balaban J connectivity index is 2.53. The van der Waals surface area contributed by atoms with Crippen LogP contribution in [-0.2, 0) is 13.0 Å². The molecule has 1 aromatic carbocycles. The number of imidazole rings is 1. The largest absolute Gasteiger partial charge is 0.497 e. The van der Waals surface area contributed by atoms with Crippen LogP contribution in [0, 0.1) is 12.3 Å². The number of hydrogen-bond donors (Lipinski definition) is 1. The molecule has 0 bridgehead atoms. The van der Waals surface area contributed by atoms with E-state index in [4.69, 9.17) is 16.9 Å². The van der Waals surface area contributed by atoms with Gasteiger partial charge in [-0.25, -0.2) is 4.98 Å². The van der Waals surface area contributed by atoms with E-state index < -0.39 is 0 Å². The predicted octanol–water partition coefficient (Wildman–Crippen LogP) is 2.34. The fourth-order valence-electron chi connectivity index (χ4n) is 2.03. The van der Waals surface area contributed by atoms with Crippen molar-refractivity contribution < 1.29 is 4.74 Å². The van der Waals surface area contributed by atoms with E-state index in [-0.39, 0.29) is 0 Å². The lowest BCUT2D eigenvalue weighted by Gasteiger charge is -2.05. The Hall–Kier alpha value is -2.41. The molecule has 1 heterocycles. The molecule has 0 aliphatic carbocycles. The Kier molecular flexibility index (Phi) is 3.76. The highest BCUT2D eigenvalue weighted by Gasteiger charge is 2.14. The smallest absolute Gasteiger partial charge is 0.132 e. The number of nitrogens with two attached hydrogens (primary N) is 1. The first-order valence-electron chi connectivity index (χ1n) is 6.14. The molecule has 0 aliphatic heterocycles. The number of benzene rings is 1. The van der Waals surface area contributed by atoms with Crippen molar-refractivity contribution in [3.05, 3.63) is 30.1 Å². The number of hydrogen-bond acceptors (Lipinski definition) is 3. The van der Waals surface area contributed by atoms with Gasteiger partial charge in [0.2, 0.25) is 0 Å². The van der Waals surface area contributed by atoms with Gasteiger partial charge in [-0.1, -0.05) is 25.0 Å². The van der Waals surface area contributed by atoms with Crippen molar-refractivity contribution in [3.63, 3.8) is 0 Å². The van der Waals surface area contributed by atoms with Gasteiger partial charge in [-0.3, -0.25) is 0 Å². The molecule has 98 valence electrons. The van der Waals surface area contributed by atoms with E-state index in [0.717, 1.165) is 29.3 Å². The summed E-state index contributed by atoms with van der Waals surface area (Å²) in [5, 5.41) is 0. The summed E-state index contributed by atoms with van der Waals surface area (Å²) in [5.41, 5.74) is 7.84. The van der Waals surface area contributed by atoms with Crippen molar-refractivity contribution in [1.29, 1.82) is 0 Å². The maximum atomic E-state index is 6.15. The topological polar surface area (TPSA) is 53.1 Å². The number of nitrogens with zero attached hydrogens (tertiary/aromatic N) is 2. The van der Waals surface area contributed by atoms with Crippen molar-refractivity contribution in [3.8, 4) is 29.4 Å². The lowest BCUT2D eigenvalue weighted by Crippen LogP contribution is -2.05. The molecule has 0 spiro atoms. The predicted molar refractivity (Wildman–Crippen MR) is 76.8 cm³/mol. The minimum absolute atomic E-state index is 0.436. The fraction of sp³-hybridized carbons (Fsp3) is 0.267. The van der Waals surface area contributed by atoms with Crippen molar-refractivity contribution >= 4 is 5.82 Å². The van der Waals surface area contributed by atoms with Crippen LogP contribution < -0.4 is 10.5 Å². The van der Waals surface area contributed by atoms with Gasteiger partial charge in [0.1, 0.15) is 23.1 Å². The summed E-state index contributed by atoms with van der Waals surface area (Å²) in [6, 6.07) is 7.68. The Morgan fingerprint density at radius 1 is 1.47 bits per heavy atom. The molecule has 0 amide bonds. The maximum absolute atomic E-state index is 6.15. The molecule has 0 saturated heterocycles. The summed E-state index contributed by atoms with van der Waals surface area (Å²) in [6.07, 6.45) is 6.16. The number of aromatic nitrogens is 2. The maximum Gasteiger partial charge on any atom is 0.132 e. The zero-order valence-corrected chi connectivity index (χ0v) is 11.2. The number of nitrogen functional groups attached to an aromatic ring is 1. The highest BCUT2D eigenvalue weighted by molar-refractivity contribution is 5.72. The molecule has 4 nitrogen and oxygen atoms in total. The highest BCUT2D eigenvalue weighted by Crippen LogP contribution is 2.29. The van der Waals surface area contributed by atoms with Crippen LogP contribution in [0.3, 0.4) is 0 Å². The van der Waals surface area contributed by atoms with E-state index in [0.29, 0.717) is 12.4 Å². The normalized spacial score (nSPS) is 10.2. The van der Waals surface area contributed by atoms with Crippen molar-refractivity contribution in [1.82, 2.24) is 9.55 Å². The summed E-state index contributed by atoms with van der Waals surface area (Å²) in [6.45, 7) is 2.47. The average molecular weight is 255 g/mol. The standard InChI is InChI=1S/C15H17N3O/c1-4-9-18-13(5-2)17-14(15(18)16)11-7-6-8-12(10-11)19-3/h1,6-8,10H,5,9,16H2,2-3H3. The van der Waals surface area contributed by atoms with Gasteiger partial charge >= 0.3 is 0 Å². The Bertz CT molecular complexity index is 623. The Labute approximate surface area is 113 Å². The third kappa shape index (κ3) is 2.41. The van der Waals surface area contributed by atoms with Crippen LogP contribution in [-0.4, -0.2) is 16.7 Å². The molecule has 0 atom stereocenters. The van der Waals surface area contributed by atoms with Crippen LogP contribution in [0.4, 0.5) is 5.82 Å². The molecule has 0 fully saturated rings. The number of methoxy groups -OCH3 is 1. The van der Waals surface area contributed by atoms with Crippen molar-refractivity contribution in [2.24, 2.45) is 0 Å². The summed E-state index contributed by atoms with van der Waals surface area (Å²) in [4.78, 5) is 4.58. The number of anilines is 1. The van der Waals surface area contributed by atoms with Crippen molar-refractivity contribution in [2.75, 3.05) is 12.8 Å². The SMILES string of the molecule is C#CCn1c(CC)nc(-c2cccc(OC)c2)c1N. The van der Waals surface area contributed by atoms with Gasteiger partial charge in [0.05, 0.1) is 13.7 Å². The number of ether oxygens (including phenoxy) is 1. The quantitative estimate of drug-likeness (QED) is 0.853. The van der Waals surface area contributed by atoms with Gasteiger partial charge in [0.15, 0.2) is 0 Å². The summed E-state index contributed by atoms with van der Waals surface area (Å²) in [7, 11) is 1.64. The van der Waals surface area contributed by atoms with Crippen molar-refractivity contribution in [2.45, 2.75) is 19.9 Å². The van der Waals surface area contributed by atoms with E-state index in [9.17, 15) is 0 Å². The van der Waals surface area contributed by atoms with Crippen LogP contribution in [0.15, 0.2) is 24.3 Å². The van der Waals surface area contributed by atoms with Crippen LogP contribution in [0.2, 0.25) is 0 Å². The first-order valence-corrected chi connectivity index (χ1v) is 6.14. The third-order valence-corrected chi connectivity index (χ3v) is 2.99. The second-order valence-corrected chi connectivity index (χ2v) is 4.14.